The summed E-state index contributed by atoms with van der Waals surface area (Å²) in [6.45, 7) is 5.37. The second-order valence-electron chi connectivity index (χ2n) is 6.30. The second kappa shape index (κ2) is 5.30. The molecule has 2 aliphatic carbocycles. The molecule has 3 fully saturated rings. The van der Waals surface area contributed by atoms with Crippen LogP contribution in [0.1, 0.15) is 31.2 Å². The van der Waals surface area contributed by atoms with Crippen molar-refractivity contribution in [2.75, 3.05) is 31.1 Å². The minimum absolute atomic E-state index is 0.741. The Bertz CT molecular complexity index is 444. The Hall–Kier alpha value is -1.20. The largest absolute Gasteiger partial charge is 0.338 e. The van der Waals surface area contributed by atoms with Gasteiger partial charge in [0, 0.05) is 62.8 Å². The van der Waals surface area contributed by atoms with E-state index in [2.05, 4.69) is 25.1 Å². The lowest BCUT2D eigenvalue weighted by Crippen LogP contribution is -2.47. The van der Waals surface area contributed by atoms with E-state index in [1.165, 1.54) is 44.3 Å². The van der Waals surface area contributed by atoms with Gasteiger partial charge in [0.05, 0.1) is 0 Å². The molecule has 4 rings (SSSR count). The lowest BCUT2D eigenvalue weighted by atomic mass is 10.3. The summed E-state index contributed by atoms with van der Waals surface area (Å²) in [6.07, 6.45) is 9.41. The Morgan fingerprint density at radius 2 is 1.70 bits per heavy atom. The first-order chi connectivity index (χ1) is 9.88. The maximum atomic E-state index is 4.54. The van der Waals surface area contributed by atoms with Gasteiger partial charge in [-0.3, -0.25) is 4.90 Å². The van der Waals surface area contributed by atoms with Crippen LogP contribution in [0.4, 0.5) is 5.95 Å². The molecule has 5 nitrogen and oxygen atoms in total. The number of nitrogens with one attached hydrogen (secondary N) is 1. The summed E-state index contributed by atoms with van der Waals surface area (Å²) in [4.78, 5) is 14.0. The van der Waals surface area contributed by atoms with Gasteiger partial charge >= 0.3 is 0 Å². The highest BCUT2D eigenvalue weighted by molar-refractivity contribution is 5.30. The Kier molecular flexibility index (Phi) is 3.32. The van der Waals surface area contributed by atoms with Crippen molar-refractivity contribution < 1.29 is 0 Å². The SMILES string of the molecule is c1nc(N2CCN(C3CC3)CC2)ncc1CNC1CC1. The summed E-state index contributed by atoms with van der Waals surface area (Å²) >= 11 is 0. The Morgan fingerprint density at radius 1 is 1.00 bits per heavy atom. The zero-order chi connectivity index (χ0) is 13.4. The Labute approximate surface area is 120 Å². The topological polar surface area (TPSA) is 44.3 Å². The number of nitrogens with zero attached hydrogens (tertiary/aromatic N) is 4. The van der Waals surface area contributed by atoms with Gasteiger partial charge in [-0.25, -0.2) is 9.97 Å². The molecule has 0 aromatic carbocycles. The second-order valence-corrected chi connectivity index (χ2v) is 6.30. The van der Waals surface area contributed by atoms with Crippen LogP contribution in [0.3, 0.4) is 0 Å². The van der Waals surface area contributed by atoms with E-state index in [0.29, 0.717) is 0 Å². The summed E-state index contributed by atoms with van der Waals surface area (Å²) in [7, 11) is 0. The van der Waals surface area contributed by atoms with Crippen LogP contribution >= 0.6 is 0 Å². The van der Waals surface area contributed by atoms with Crippen LogP contribution in [-0.2, 0) is 6.54 Å². The number of aromatic nitrogens is 2. The molecule has 2 heterocycles. The fourth-order valence-corrected chi connectivity index (χ4v) is 2.88. The fraction of sp³-hybridized carbons (Fsp3) is 0.733. The molecule has 0 amide bonds. The maximum Gasteiger partial charge on any atom is 0.225 e. The molecule has 1 aliphatic heterocycles. The average molecular weight is 273 g/mol. The lowest BCUT2D eigenvalue weighted by molar-refractivity contribution is 0.247. The summed E-state index contributed by atoms with van der Waals surface area (Å²) in [6, 6.07) is 1.62. The van der Waals surface area contributed by atoms with E-state index in [1.807, 2.05) is 12.4 Å². The molecule has 20 heavy (non-hydrogen) atoms. The van der Waals surface area contributed by atoms with E-state index >= 15 is 0 Å². The van der Waals surface area contributed by atoms with E-state index in [9.17, 15) is 0 Å². The molecular weight excluding hydrogens is 250 g/mol. The Morgan fingerprint density at radius 3 is 2.30 bits per heavy atom. The van der Waals surface area contributed by atoms with Gasteiger partial charge in [-0.05, 0) is 25.7 Å². The van der Waals surface area contributed by atoms with Gasteiger partial charge < -0.3 is 10.2 Å². The number of hydrogen-bond acceptors (Lipinski definition) is 5. The molecule has 0 unspecified atom stereocenters. The predicted octanol–water partition coefficient (Wildman–Crippen LogP) is 1.01. The van der Waals surface area contributed by atoms with Gasteiger partial charge in [-0.15, -0.1) is 0 Å². The predicted molar refractivity (Wildman–Crippen MR) is 78.7 cm³/mol. The minimum atomic E-state index is 0.741. The van der Waals surface area contributed by atoms with Crippen molar-refractivity contribution in [2.45, 2.75) is 44.3 Å². The van der Waals surface area contributed by atoms with Crippen LogP contribution in [-0.4, -0.2) is 53.1 Å². The zero-order valence-electron chi connectivity index (χ0n) is 12.0. The van der Waals surface area contributed by atoms with Crippen LogP contribution in [0.2, 0.25) is 0 Å². The summed E-state index contributed by atoms with van der Waals surface area (Å²) < 4.78 is 0. The van der Waals surface area contributed by atoms with Crippen LogP contribution < -0.4 is 10.2 Å². The molecule has 1 aromatic heterocycles. The highest BCUT2D eigenvalue weighted by atomic mass is 15.3. The monoisotopic (exact) mass is 273 g/mol. The van der Waals surface area contributed by atoms with Crippen molar-refractivity contribution in [2.24, 2.45) is 0 Å². The molecule has 3 aliphatic rings. The lowest BCUT2D eigenvalue weighted by Gasteiger charge is -2.34. The van der Waals surface area contributed by atoms with Crippen molar-refractivity contribution in [3.05, 3.63) is 18.0 Å². The van der Waals surface area contributed by atoms with Gasteiger partial charge in [-0.2, -0.15) is 0 Å². The van der Waals surface area contributed by atoms with Crippen LogP contribution in [0.25, 0.3) is 0 Å². The first-order valence-electron chi connectivity index (χ1n) is 7.92. The summed E-state index contributed by atoms with van der Waals surface area (Å²) in [5.41, 5.74) is 1.19. The van der Waals surface area contributed by atoms with E-state index in [0.717, 1.165) is 37.7 Å². The Balaban J connectivity index is 1.31. The average Bonchev–Trinajstić information content (AvgIpc) is 3.40. The highest BCUT2D eigenvalue weighted by Crippen LogP contribution is 2.27. The molecule has 108 valence electrons. The van der Waals surface area contributed by atoms with Gasteiger partial charge in [-0.1, -0.05) is 0 Å². The molecule has 0 spiro atoms. The van der Waals surface area contributed by atoms with Gasteiger partial charge in [0.15, 0.2) is 0 Å². The molecule has 0 atom stereocenters. The molecule has 1 aromatic rings. The van der Waals surface area contributed by atoms with Crippen LogP contribution in [0, 0.1) is 0 Å². The van der Waals surface area contributed by atoms with Gasteiger partial charge in [0.25, 0.3) is 0 Å². The number of anilines is 1. The molecule has 1 saturated heterocycles. The molecule has 1 N–H and O–H groups in total. The van der Waals surface area contributed by atoms with E-state index in [-0.39, 0.29) is 0 Å². The van der Waals surface area contributed by atoms with E-state index < -0.39 is 0 Å². The zero-order valence-corrected chi connectivity index (χ0v) is 12.0. The smallest absolute Gasteiger partial charge is 0.225 e. The molecular formula is C15H23N5. The van der Waals surface area contributed by atoms with Crippen LogP contribution in [0.5, 0.6) is 0 Å². The molecule has 5 heteroatoms. The van der Waals surface area contributed by atoms with E-state index in [4.69, 9.17) is 0 Å². The quantitative estimate of drug-likeness (QED) is 0.867. The summed E-state index contributed by atoms with van der Waals surface area (Å²) in [5, 5.41) is 3.50. The third-order valence-corrected chi connectivity index (χ3v) is 4.52. The third kappa shape index (κ3) is 2.94. The van der Waals surface area contributed by atoms with Crippen molar-refractivity contribution >= 4 is 5.95 Å². The van der Waals surface area contributed by atoms with Gasteiger partial charge in [0.1, 0.15) is 0 Å². The van der Waals surface area contributed by atoms with Crippen molar-refractivity contribution in [3.8, 4) is 0 Å². The van der Waals surface area contributed by atoms with Crippen molar-refractivity contribution in [3.63, 3.8) is 0 Å². The number of piperazine rings is 1. The highest BCUT2D eigenvalue weighted by Gasteiger charge is 2.31. The number of hydrogen-bond donors (Lipinski definition) is 1. The normalized spacial score (nSPS) is 24.1. The molecule has 0 bridgehead atoms. The maximum absolute atomic E-state index is 4.54. The molecule has 2 saturated carbocycles. The molecule has 0 radical (unpaired) electrons. The minimum Gasteiger partial charge on any atom is -0.338 e. The van der Waals surface area contributed by atoms with E-state index in [1.54, 1.807) is 0 Å². The van der Waals surface area contributed by atoms with Crippen molar-refractivity contribution in [1.82, 2.24) is 20.2 Å². The van der Waals surface area contributed by atoms with Crippen molar-refractivity contribution in [1.29, 1.82) is 0 Å². The van der Waals surface area contributed by atoms with Gasteiger partial charge in [0.2, 0.25) is 5.95 Å². The summed E-state index contributed by atoms with van der Waals surface area (Å²) in [5.74, 6) is 0.899. The fourth-order valence-electron chi connectivity index (χ4n) is 2.88. The van der Waals surface area contributed by atoms with Crippen LogP contribution in [0.15, 0.2) is 12.4 Å². The number of rotatable bonds is 5. The first-order valence-corrected chi connectivity index (χ1v) is 7.92. The standard InChI is InChI=1S/C15H23N5/c1-2-13(1)16-9-12-10-17-15(18-11-12)20-7-5-19(6-8-20)14-3-4-14/h10-11,13-14,16H,1-9H2. The first kappa shape index (κ1) is 12.5. The third-order valence-electron chi connectivity index (χ3n) is 4.52.